The summed E-state index contributed by atoms with van der Waals surface area (Å²) in [7, 11) is 0. The van der Waals surface area contributed by atoms with Gasteiger partial charge in [-0.2, -0.15) is 13.2 Å². The van der Waals surface area contributed by atoms with Gasteiger partial charge in [-0.3, -0.25) is 4.79 Å². The molecule has 1 unspecified atom stereocenters. The van der Waals surface area contributed by atoms with E-state index in [1.165, 1.54) is 6.07 Å². The Bertz CT molecular complexity index is 463. The Morgan fingerprint density at radius 1 is 1.42 bits per heavy atom. The maximum Gasteiger partial charge on any atom is 0.416 e. The highest BCUT2D eigenvalue weighted by molar-refractivity contribution is 9.10. The van der Waals surface area contributed by atoms with Crippen LogP contribution in [0.1, 0.15) is 18.1 Å². The summed E-state index contributed by atoms with van der Waals surface area (Å²) in [6, 6.07) is 3.21. The van der Waals surface area contributed by atoms with Gasteiger partial charge >= 0.3 is 12.1 Å². The lowest BCUT2D eigenvalue weighted by atomic mass is 10.1. The van der Waals surface area contributed by atoms with Crippen LogP contribution in [0.25, 0.3) is 0 Å². The van der Waals surface area contributed by atoms with Gasteiger partial charge in [-0.05, 0) is 37.1 Å². The highest BCUT2D eigenvalue weighted by Gasteiger charge is 2.31. The molecule has 0 heterocycles. The average Bonchev–Trinajstić information content (AvgIpc) is 2.27. The summed E-state index contributed by atoms with van der Waals surface area (Å²) in [5, 5.41) is -0.0200. The molecule has 1 aromatic rings. The van der Waals surface area contributed by atoms with E-state index in [4.69, 9.17) is 16.3 Å². The zero-order valence-corrected chi connectivity index (χ0v) is 12.3. The van der Waals surface area contributed by atoms with Crippen molar-refractivity contribution in [1.82, 2.24) is 0 Å². The summed E-state index contributed by atoms with van der Waals surface area (Å²) in [5.41, 5.74) is -0.520. The number of rotatable bonds is 4. The van der Waals surface area contributed by atoms with Crippen LogP contribution in [-0.4, -0.2) is 17.4 Å². The van der Waals surface area contributed by atoms with Crippen molar-refractivity contribution >= 4 is 33.5 Å². The van der Waals surface area contributed by atoms with Gasteiger partial charge in [0.25, 0.3) is 0 Å². The Morgan fingerprint density at radius 2 is 2.05 bits per heavy atom. The van der Waals surface area contributed by atoms with Gasteiger partial charge in [-0.1, -0.05) is 27.5 Å². The van der Waals surface area contributed by atoms with Gasteiger partial charge < -0.3 is 4.74 Å². The first kappa shape index (κ1) is 16.3. The third-order valence-corrected chi connectivity index (χ3v) is 3.16. The zero-order valence-electron chi connectivity index (χ0n) is 9.93. The van der Waals surface area contributed by atoms with E-state index in [0.717, 1.165) is 12.1 Å². The summed E-state index contributed by atoms with van der Waals surface area (Å²) >= 11 is 8.73. The van der Waals surface area contributed by atoms with Crippen molar-refractivity contribution in [2.75, 3.05) is 6.61 Å². The second kappa shape index (κ2) is 6.61. The Kier molecular flexibility index (Phi) is 5.67. The average molecular weight is 360 g/mol. The molecule has 2 nitrogen and oxygen atoms in total. The van der Waals surface area contributed by atoms with Crippen molar-refractivity contribution in [2.45, 2.75) is 24.3 Å². The monoisotopic (exact) mass is 358 g/mol. The summed E-state index contributed by atoms with van der Waals surface area (Å²) in [4.78, 5) is 10.7. The van der Waals surface area contributed by atoms with E-state index in [1.54, 1.807) is 6.92 Å². The molecule has 0 aliphatic carbocycles. The molecule has 0 spiro atoms. The van der Waals surface area contributed by atoms with Crippen LogP contribution in [0, 0.1) is 0 Å². The predicted molar refractivity (Wildman–Crippen MR) is 69.5 cm³/mol. The number of esters is 1. The van der Waals surface area contributed by atoms with Gasteiger partial charge in [-0.25, -0.2) is 0 Å². The molecular weight excluding hydrogens is 348 g/mol. The Labute approximate surface area is 122 Å². The van der Waals surface area contributed by atoms with Crippen LogP contribution in [0.5, 0.6) is 0 Å². The molecule has 1 aromatic carbocycles. The number of benzene rings is 1. The number of ether oxygens (including phenoxy) is 1. The molecule has 7 heteroatoms. The van der Waals surface area contributed by atoms with E-state index < -0.39 is 22.5 Å². The fraction of sp³-hybridized carbons (Fsp3) is 0.417. The summed E-state index contributed by atoms with van der Waals surface area (Å²) < 4.78 is 42.6. The third kappa shape index (κ3) is 5.03. The number of halogens is 5. The van der Waals surface area contributed by atoms with Crippen molar-refractivity contribution in [3.63, 3.8) is 0 Å². The molecule has 1 rings (SSSR count). The highest BCUT2D eigenvalue weighted by atomic mass is 79.9. The quantitative estimate of drug-likeness (QED) is 0.594. The fourth-order valence-corrected chi connectivity index (χ4v) is 2.22. The Morgan fingerprint density at radius 3 is 2.58 bits per heavy atom. The number of carbonyl (C=O) groups is 1. The van der Waals surface area contributed by atoms with Crippen LogP contribution >= 0.6 is 27.5 Å². The van der Waals surface area contributed by atoms with Crippen LogP contribution in [-0.2, 0) is 22.1 Å². The lowest BCUT2D eigenvalue weighted by Crippen LogP contribution is -2.20. The zero-order chi connectivity index (χ0) is 14.6. The standard InChI is InChI=1S/C12H11BrClF3O2/c1-2-19-11(18)10(13)5-7-3-8(12(15,16)17)6-9(14)4-7/h3-4,6,10H,2,5H2,1H3. The van der Waals surface area contributed by atoms with E-state index in [0.29, 0.717) is 5.56 Å². The molecule has 0 radical (unpaired) electrons. The molecule has 0 aliphatic rings. The molecular formula is C12H11BrClF3O2. The second-order valence-corrected chi connectivity index (χ2v) is 5.31. The molecule has 0 bridgehead atoms. The van der Waals surface area contributed by atoms with Crippen LogP contribution in [0.15, 0.2) is 18.2 Å². The van der Waals surface area contributed by atoms with Crippen molar-refractivity contribution in [3.05, 3.63) is 34.3 Å². The molecule has 0 aromatic heterocycles. The normalized spacial score (nSPS) is 13.2. The molecule has 0 saturated carbocycles. The van der Waals surface area contributed by atoms with Crippen LogP contribution < -0.4 is 0 Å². The minimum Gasteiger partial charge on any atom is -0.465 e. The SMILES string of the molecule is CCOC(=O)C(Br)Cc1cc(Cl)cc(C(F)(F)F)c1. The molecule has 0 saturated heterocycles. The molecule has 0 fully saturated rings. The topological polar surface area (TPSA) is 26.3 Å². The van der Waals surface area contributed by atoms with Crippen molar-refractivity contribution in [2.24, 2.45) is 0 Å². The largest absolute Gasteiger partial charge is 0.465 e. The van der Waals surface area contributed by atoms with Gasteiger partial charge in [0.15, 0.2) is 0 Å². The molecule has 19 heavy (non-hydrogen) atoms. The molecule has 1 atom stereocenters. The number of hydrogen-bond acceptors (Lipinski definition) is 2. The maximum atomic E-state index is 12.6. The van der Waals surface area contributed by atoms with Crippen LogP contribution in [0.4, 0.5) is 13.2 Å². The van der Waals surface area contributed by atoms with Crippen LogP contribution in [0.3, 0.4) is 0 Å². The van der Waals surface area contributed by atoms with Crippen LogP contribution in [0.2, 0.25) is 5.02 Å². The van der Waals surface area contributed by atoms with Gasteiger partial charge in [0.1, 0.15) is 4.83 Å². The van der Waals surface area contributed by atoms with Crippen molar-refractivity contribution in [1.29, 1.82) is 0 Å². The van der Waals surface area contributed by atoms with Gasteiger partial charge in [0, 0.05) is 5.02 Å². The lowest BCUT2D eigenvalue weighted by molar-refractivity contribution is -0.142. The highest BCUT2D eigenvalue weighted by Crippen LogP contribution is 2.32. The van der Waals surface area contributed by atoms with E-state index in [-0.39, 0.29) is 18.1 Å². The first-order valence-electron chi connectivity index (χ1n) is 5.41. The molecule has 106 valence electrons. The number of hydrogen-bond donors (Lipinski definition) is 0. The number of alkyl halides is 4. The third-order valence-electron chi connectivity index (χ3n) is 2.24. The van der Waals surface area contributed by atoms with E-state index in [2.05, 4.69) is 15.9 Å². The summed E-state index contributed by atoms with van der Waals surface area (Å²) in [6.07, 6.45) is -4.39. The predicted octanol–water partition coefficient (Wildman–Crippen LogP) is 4.23. The lowest BCUT2D eigenvalue weighted by Gasteiger charge is -2.12. The van der Waals surface area contributed by atoms with Gasteiger partial charge in [0.05, 0.1) is 12.2 Å². The smallest absolute Gasteiger partial charge is 0.416 e. The number of carbonyl (C=O) groups excluding carboxylic acids is 1. The van der Waals surface area contributed by atoms with E-state index in [1.807, 2.05) is 0 Å². The molecule has 0 N–H and O–H groups in total. The fourth-order valence-electron chi connectivity index (χ4n) is 1.45. The molecule has 0 aliphatic heterocycles. The summed E-state index contributed by atoms with van der Waals surface area (Å²) in [6.45, 7) is 1.86. The van der Waals surface area contributed by atoms with Gasteiger partial charge in [-0.15, -0.1) is 0 Å². The Hall–Kier alpha value is -0.750. The van der Waals surface area contributed by atoms with Crippen molar-refractivity contribution in [3.8, 4) is 0 Å². The van der Waals surface area contributed by atoms with Crippen molar-refractivity contribution < 1.29 is 22.7 Å². The van der Waals surface area contributed by atoms with Gasteiger partial charge in [0.2, 0.25) is 0 Å². The minimum absolute atomic E-state index is 0.0200. The first-order chi connectivity index (χ1) is 8.74. The maximum absolute atomic E-state index is 12.6. The first-order valence-corrected chi connectivity index (χ1v) is 6.70. The second-order valence-electron chi connectivity index (χ2n) is 3.77. The molecule has 0 amide bonds. The van der Waals surface area contributed by atoms with E-state index in [9.17, 15) is 18.0 Å². The van der Waals surface area contributed by atoms with E-state index >= 15 is 0 Å². The minimum atomic E-state index is -4.47. The Balaban J connectivity index is 2.90. The summed E-state index contributed by atoms with van der Waals surface area (Å²) in [5.74, 6) is -0.518.